The Hall–Kier alpha value is -2.25. The summed E-state index contributed by atoms with van der Waals surface area (Å²) in [6.07, 6.45) is -4.60. The quantitative estimate of drug-likeness (QED) is 0.378. The molecule has 134 valence electrons. The van der Waals surface area contributed by atoms with Crippen LogP contribution in [0.25, 0.3) is 0 Å². The number of thioether (sulfide) groups is 1. The minimum absolute atomic E-state index is 0.0364. The second-order valence-corrected chi connectivity index (χ2v) is 6.52. The van der Waals surface area contributed by atoms with Crippen molar-refractivity contribution in [3.05, 3.63) is 76.9 Å². The molecule has 1 aromatic heterocycles. The van der Waals surface area contributed by atoms with Gasteiger partial charge in [0.15, 0.2) is 10.9 Å². The summed E-state index contributed by atoms with van der Waals surface area (Å²) in [6.45, 7) is 0. The first-order valence-electron chi connectivity index (χ1n) is 7.47. The average Bonchev–Trinajstić information content (AvgIpc) is 2.61. The third kappa shape index (κ3) is 4.89. The summed E-state index contributed by atoms with van der Waals surface area (Å²) in [4.78, 5) is 7.67. The standard InChI is InChI=1S/C18H12ClF3N2OS/c19-14-9-5-4-6-12(14)11-26-17-23-15(18(20,21)22)10-16(24-17)25-13-7-2-1-3-8-13/h1-10H,11H2. The van der Waals surface area contributed by atoms with Crippen molar-refractivity contribution in [1.29, 1.82) is 0 Å². The molecule has 3 aromatic rings. The molecule has 0 radical (unpaired) electrons. The van der Waals surface area contributed by atoms with Crippen LogP contribution < -0.4 is 4.74 Å². The molecule has 0 aliphatic carbocycles. The van der Waals surface area contributed by atoms with Gasteiger partial charge < -0.3 is 4.74 Å². The molecular weight excluding hydrogens is 385 g/mol. The average molecular weight is 397 g/mol. The maximum Gasteiger partial charge on any atom is 0.433 e. The Morgan fingerprint density at radius 3 is 2.35 bits per heavy atom. The monoisotopic (exact) mass is 396 g/mol. The normalized spacial score (nSPS) is 11.4. The topological polar surface area (TPSA) is 35.0 Å². The number of para-hydroxylation sites is 1. The smallest absolute Gasteiger partial charge is 0.433 e. The number of rotatable bonds is 5. The maximum atomic E-state index is 13.1. The van der Waals surface area contributed by atoms with Gasteiger partial charge in [0, 0.05) is 16.8 Å². The Kier molecular flexibility index (Phi) is 5.68. The Morgan fingerprint density at radius 1 is 0.962 bits per heavy atom. The number of alkyl halides is 3. The van der Waals surface area contributed by atoms with Crippen molar-refractivity contribution in [3.8, 4) is 11.6 Å². The van der Waals surface area contributed by atoms with Crippen molar-refractivity contribution in [3.63, 3.8) is 0 Å². The van der Waals surface area contributed by atoms with Crippen molar-refractivity contribution in [1.82, 2.24) is 9.97 Å². The molecule has 8 heteroatoms. The van der Waals surface area contributed by atoms with Gasteiger partial charge in [0.25, 0.3) is 0 Å². The molecule has 2 aromatic carbocycles. The zero-order valence-electron chi connectivity index (χ0n) is 13.2. The van der Waals surface area contributed by atoms with Crippen LogP contribution in [0.15, 0.2) is 65.8 Å². The van der Waals surface area contributed by atoms with Crippen molar-refractivity contribution in [2.24, 2.45) is 0 Å². The minimum Gasteiger partial charge on any atom is -0.439 e. The third-order valence-corrected chi connectivity index (χ3v) is 4.52. The van der Waals surface area contributed by atoms with Crippen molar-refractivity contribution in [2.75, 3.05) is 0 Å². The highest BCUT2D eigenvalue weighted by Crippen LogP contribution is 2.33. The summed E-state index contributed by atoms with van der Waals surface area (Å²) < 4.78 is 44.9. The summed E-state index contributed by atoms with van der Waals surface area (Å²) in [5.41, 5.74) is -0.272. The van der Waals surface area contributed by atoms with E-state index >= 15 is 0 Å². The van der Waals surface area contributed by atoms with Gasteiger partial charge in [-0.1, -0.05) is 59.8 Å². The van der Waals surface area contributed by atoms with E-state index in [0.29, 0.717) is 16.5 Å². The predicted molar refractivity (Wildman–Crippen MR) is 94.6 cm³/mol. The van der Waals surface area contributed by atoms with Gasteiger partial charge >= 0.3 is 6.18 Å². The largest absolute Gasteiger partial charge is 0.439 e. The second-order valence-electron chi connectivity index (χ2n) is 5.17. The Morgan fingerprint density at radius 2 is 1.65 bits per heavy atom. The van der Waals surface area contributed by atoms with Crippen LogP contribution in [0.2, 0.25) is 5.02 Å². The van der Waals surface area contributed by atoms with Gasteiger partial charge in [-0.25, -0.2) is 4.98 Å². The Labute approximate surface area is 157 Å². The van der Waals surface area contributed by atoms with Crippen LogP contribution in [-0.4, -0.2) is 9.97 Å². The van der Waals surface area contributed by atoms with Gasteiger partial charge in [0.1, 0.15) is 5.75 Å². The first kappa shape index (κ1) is 18.5. The molecule has 0 amide bonds. The lowest BCUT2D eigenvalue weighted by molar-refractivity contribution is -0.141. The number of hydrogen-bond acceptors (Lipinski definition) is 4. The molecule has 3 rings (SSSR count). The van der Waals surface area contributed by atoms with E-state index in [0.717, 1.165) is 23.4 Å². The first-order chi connectivity index (χ1) is 12.4. The Bertz CT molecular complexity index is 891. The van der Waals surface area contributed by atoms with Crippen LogP contribution in [-0.2, 0) is 11.9 Å². The van der Waals surface area contributed by atoms with Crippen LogP contribution in [0.1, 0.15) is 11.3 Å². The lowest BCUT2D eigenvalue weighted by atomic mass is 10.2. The van der Waals surface area contributed by atoms with Gasteiger partial charge in [-0.15, -0.1) is 0 Å². The van der Waals surface area contributed by atoms with Crippen LogP contribution in [0.5, 0.6) is 11.6 Å². The molecule has 0 saturated carbocycles. The van der Waals surface area contributed by atoms with Gasteiger partial charge in [0.2, 0.25) is 5.88 Å². The molecule has 0 aliphatic rings. The zero-order chi connectivity index (χ0) is 18.6. The van der Waals surface area contributed by atoms with Crippen molar-refractivity contribution in [2.45, 2.75) is 17.1 Å². The van der Waals surface area contributed by atoms with Gasteiger partial charge in [-0.3, -0.25) is 0 Å². The molecule has 3 nitrogen and oxygen atoms in total. The van der Waals surface area contributed by atoms with Gasteiger partial charge in [-0.05, 0) is 23.8 Å². The first-order valence-corrected chi connectivity index (χ1v) is 8.83. The van der Waals surface area contributed by atoms with Gasteiger partial charge in [0.05, 0.1) is 0 Å². The van der Waals surface area contributed by atoms with Gasteiger partial charge in [-0.2, -0.15) is 18.2 Å². The number of benzene rings is 2. The molecule has 0 bridgehead atoms. The third-order valence-electron chi connectivity index (χ3n) is 3.25. The molecule has 0 unspecified atom stereocenters. The fourth-order valence-electron chi connectivity index (χ4n) is 2.03. The summed E-state index contributed by atoms with van der Waals surface area (Å²) in [5.74, 6) is 0.563. The molecule has 0 spiro atoms. The van der Waals surface area contributed by atoms with Crippen molar-refractivity contribution >= 4 is 23.4 Å². The molecule has 0 atom stereocenters. The lowest BCUT2D eigenvalue weighted by Gasteiger charge is -2.11. The number of hydrogen-bond donors (Lipinski definition) is 0. The van der Waals surface area contributed by atoms with E-state index in [1.54, 1.807) is 54.6 Å². The molecule has 0 N–H and O–H groups in total. The van der Waals surface area contributed by atoms with Crippen LogP contribution in [0, 0.1) is 0 Å². The van der Waals surface area contributed by atoms with Crippen LogP contribution in [0.3, 0.4) is 0 Å². The van der Waals surface area contributed by atoms with E-state index in [4.69, 9.17) is 16.3 Å². The summed E-state index contributed by atoms with van der Waals surface area (Å²) >= 11 is 7.13. The van der Waals surface area contributed by atoms with E-state index in [1.165, 1.54) is 0 Å². The Balaban J connectivity index is 1.86. The highest BCUT2D eigenvalue weighted by atomic mass is 35.5. The molecular formula is C18H12ClF3N2OS. The van der Waals surface area contributed by atoms with E-state index < -0.39 is 11.9 Å². The predicted octanol–water partition coefficient (Wildman–Crippen LogP) is 6.23. The second kappa shape index (κ2) is 7.97. The highest BCUT2D eigenvalue weighted by Gasteiger charge is 2.34. The number of aromatic nitrogens is 2. The number of ether oxygens (including phenoxy) is 1. The fraction of sp³-hybridized carbons (Fsp3) is 0.111. The van der Waals surface area contributed by atoms with Crippen LogP contribution in [0.4, 0.5) is 13.2 Å². The lowest BCUT2D eigenvalue weighted by Crippen LogP contribution is -2.10. The van der Waals surface area contributed by atoms with E-state index in [2.05, 4.69) is 9.97 Å². The molecule has 1 heterocycles. The van der Waals surface area contributed by atoms with E-state index in [9.17, 15) is 13.2 Å². The molecule has 0 aliphatic heterocycles. The highest BCUT2D eigenvalue weighted by molar-refractivity contribution is 7.98. The maximum absolute atomic E-state index is 13.1. The minimum atomic E-state index is -4.60. The summed E-state index contributed by atoms with van der Waals surface area (Å²) in [5, 5.41) is 0.499. The number of halogens is 4. The fourth-order valence-corrected chi connectivity index (χ4v) is 3.17. The SMILES string of the molecule is FC(F)(F)c1cc(Oc2ccccc2)nc(SCc2ccccc2Cl)n1. The van der Waals surface area contributed by atoms with Crippen molar-refractivity contribution < 1.29 is 17.9 Å². The van der Waals surface area contributed by atoms with Crippen LogP contribution >= 0.6 is 23.4 Å². The molecule has 0 fully saturated rings. The zero-order valence-corrected chi connectivity index (χ0v) is 14.8. The molecule has 0 saturated heterocycles. The van der Waals surface area contributed by atoms with E-state index in [-0.39, 0.29) is 11.0 Å². The number of nitrogens with zero attached hydrogens (tertiary/aromatic N) is 2. The summed E-state index contributed by atoms with van der Waals surface area (Å²) in [7, 11) is 0. The van der Waals surface area contributed by atoms with E-state index in [1.807, 2.05) is 0 Å². The summed E-state index contributed by atoms with van der Waals surface area (Å²) in [6, 6.07) is 16.4. The molecule has 26 heavy (non-hydrogen) atoms.